The van der Waals surface area contributed by atoms with Gasteiger partial charge in [0.1, 0.15) is 5.54 Å². The number of imide groups is 1. The molecule has 3 amide bonds. The maximum absolute atomic E-state index is 11.6. The molecule has 0 aromatic rings. The van der Waals surface area contributed by atoms with Crippen molar-refractivity contribution in [3.05, 3.63) is 0 Å². The fraction of sp³-hybridized carbons (Fsp3) is 0.750. The molecule has 4 nitrogen and oxygen atoms in total. The normalized spacial score (nSPS) is 25.4. The first-order valence-electron chi connectivity index (χ1n) is 4.23. The van der Waals surface area contributed by atoms with Gasteiger partial charge in [0.05, 0.1) is 0 Å². The molecule has 0 unspecified atom stereocenters. The Bertz CT molecular complexity index is 256. The van der Waals surface area contributed by atoms with E-state index in [0.29, 0.717) is 0 Å². The van der Waals surface area contributed by atoms with Crippen molar-refractivity contribution in [2.45, 2.75) is 38.3 Å². The molecule has 0 bridgehead atoms. The van der Waals surface area contributed by atoms with Crippen molar-refractivity contribution in [1.29, 1.82) is 0 Å². The highest BCUT2D eigenvalue weighted by Gasteiger charge is 2.59. The van der Waals surface area contributed by atoms with E-state index in [4.69, 9.17) is 0 Å². The van der Waals surface area contributed by atoms with Gasteiger partial charge in [-0.15, -0.1) is 0 Å². The zero-order valence-corrected chi connectivity index (χ0v) is 7.26. The molecule has 2 rings (SSSR count). The zero-order chi connectivity index (χ0) is 8.93. The molecule has 1 aliphatic heterocycles. The lowest BCUT2D eigenvalue weighted by atomic mass is 10.2. The number of carbonyl (C=O) groups is 2. The Hall–Kier alpha value is -1.06. The molecule has 2 fully saturated rings. The SMILES string of the molecule is CC(C)N1C(=O)NC2(CC2)C1=O. The van der Waals surface area contributed by atoms with E-state index in [1.807, 2.05) is 13.8 Å². The quantitative estimate of drug-likeness (QED) is 0.579. The Morgan fingerprint density at radius 3 is 2.25 bits per heavy atom. The van der Waals surface area contributed by atoms with Crippen LogP contribution >= 0.6 is 0 Å². The van der Waals surface area contributed by atoms with Gasteiger partial charge < -0.3 is 5.32 Å². The highest BCUT2D eigenvalue weighted by Crippen LogP contribution is 2.41. The van der Waals surface area contributed by atoms with Gasteiger partial charge in [0, 0.05) is 6.04 Å². The highest BCUT2D eigenvalue weighted by atomic mass is 16.2. The van der Waals surface area contributed by atoms with E-state index in [9.17, 15) is 9.59 Å². The third kappa shape index (κ3) is 0.777. The van der Waals surface area contributed by atoms with Crippen LogP contribution in [0, 0.1) is 0 Å². The fourth-order valence-electron chi connectivity index (χ4n) is 1.57. The number of nitrogens with one attached hydrogen (secondary N) is 1. The largest absolute Gasteiger partial charge is 0.325 e. The van der Waals surface area contributed by atoms with Crippen molar-refractivity contribution >= 4 is 11.9 Å². The Morgan fingerprint density at radius 2 is 2.00 bits per heavy atom. The van der Waals surface area contributed by atoms with E-state index in [1.54, 1.807) is 0 Å². The lowest BCUT2D eigenvalue weighted by Gasteiger charge is -2.16. The summed E-state index contributed by atoms with van der Waals surface area (Å²) in [7, 11) is 0. The molecule has 1 N–H and O–H groups in total. The van der Waals surface area contributed by atoms with Gasteiger partial charge in [0.25, 0.3) is 5.91 Å². The third-order valence-electron chi connectivity index (χ3n) is 2.46. The highest BCUT2D eigenvalue weighted by molar-refractivity contribution is 6.09. The predicted octanol–water partition coefficient (Wildman–Crippen LogP) is 0.479. The van der Waals surface area contributed by atoms with Crippen LogP contribution in [0.15, 0.2) is 0 Å². The summed E-state index contributed by atoms with van der Waals surface area (Å²) in [6.07, 6.45) is 1.61. The number of carbonyl (C=O) groups excluding carboxylic acids is 2. The van der Waals surface area contributed by atoms with Crippen LogP contribution in [0.4, 0.5) is 4.79 Å². The molecule has 4 heteroatoms. The number of amides is 3. The van der Waals surface area contributed by atoms with Gasteiger partial charge in [-0.3, -0.25) is 9.69 Å². The first-order valence-corrected chi connectivity index (χ1v) is 4.23. The van der Waals surface area contributed by atoms with Gasteiger partial charge in [0.15, 0.2) is 0 Å². The molecule has 1 saturated heterocycles. The van der Waals surface area contributed by atoms with Gasteiger partial charge in [-0.05, 0) is 26.7 Å². The second kappa shape index (κ2) is 2.00. The number of urea groups is 1. The van der Waals surface area contributed by atoms with Crippen LogP contribution in [-0.4, -0.2) is 28.4 Å². The van der Waals surface area contributed by atoms with Crippen molar-refractivity contribution in [3.8, 4) is 0 Å². The summed E-state index contributed by atoms with van der Waals surface area (Å²) in [5.41, 5.74) is -0.485. The van der Waals surface area contributed by atoms with Crippen molar-refractivity contribution < 1.29 is 9.59 Å². The summed E-state index contributed by atoms with van der Waals surface area (Å²) < 4.78 is 0. The average molecular weight is 168 g/mol. The molecule has 1 heterocycles. The molecule has 1 aliphatic carbocycles. The monoisotopic (exact) mass is 168 g/mol. The summed E-state index contributed by atoms with van der Waals surface area (Å²) >= 11 is 0. The zero-order valence-electron chi connectivity index (χ0n) is 7.26. The molecule has 2 aliphatic rings. The molecule has 1 spiro atoms. The maximum atomic E-state index is 11.6. The van der Waals surface area contributed by atoms with Crippen molar-refractivity contribution in [1.82, 2.24) is 10.2 Å². The molecular weight excluding hydrogens is 156 g/mol. The summed E-state index contributed by atoms with van der Waals surface area (Å²) in [5, 5.41) is 2.72. The maximum Gasteiger partial charge on any atom is 0.325 e. The third-order valence-corrected chi connectivity index (χ3v) is 2.46. The Labute approximate surface area is 70.9 Å². The summed E-state index contributed by atoms with van der Waals surface area (Å²) in [6.45, 7) is 3.69. The fourth-order valence-corrected chi connectivity index (χ4v) is 1.57. The standard InChI is InChI=1S/C8H12N2O2/c1-5(2)10-6(11)8(3-4-8)9-7(10)12/h5H,3-4H2,1-2H3,(H,9,12). The van der Waals surface area contributed by atoms with Crippen LogP contribution in [0.25, 0.3) is 0 Å². The number of rotatable bonds is 1. The van der Waals surface area contributed by atoms with Crippen LogP contribution in [0.1, 0.15) is 26.7 Å². The van der Waals surface area contributed by atoms with E-state index in [-0.39, 0.29) is 18.0 Å². The topological polar surface area (TPSA) is 49.4 Å². The molecule has 0 radical (unpaired) electrons. The van der Waals surface area contributed by atoms with E-state index in [2.05, 4.69) is 5.32 Å². The molecule has 1 saturated carbocycles. The lowest BCUT2D eigenvalue weighted by Crippen LogP contribution is -2.37. The van der Waals surface area contributed by atoms with Crippen LogP contribution in [0.3, 0.4) is 0 Å². The Morgan fingerprint density at radius 1 is 1.42 bits per heavy atom. The smallest absolute Gasteiger partial charge is 0.323 e. The van der Waals surface area contributed by atoms with Crippen LogP contribution < -0.4 is 5.32 Å². The van der Waals surface area contributed by atoms with Crippen LogP contribution in [0.5, 0.6) is 0 Å². The molecule has 0 atom stereocenters. The molecular formula is C8H12N2O2. The van der Waals surface area contributed by atoms with E-state index < -0.39 is 5.54 Å². The second-order valence-corrected chi connectivity index (χ2v) is 3.78. The minimum Gasteiger partial charge on any atom is -0.323 e. The number of hydrogen-bond acceptors (Lipinski definition) is 2. The van der Waals surface area contributed by atoms with E-state index in [1.165, 1.54) is 4.90 Å². The van der Waals surface area contributed by atoms with Gasteiger partial charge >= 0.3 is 6.03 Å². The second-order valence-electron chi connectivity index (χ2n) is 3.78. The molecule has 66 valence electrons. The van der Waals surface area contributed by atoms with Gasteiger partial charge in [-0.2, -0.15) is 0 Å². The minimum absolute atomic E-state index is 0.0301. The summed E-state index contributed by atoms with van der Waals surface area (Å²) in [5.74, 6) is -0.0394. The van der Waals surface area contributed by atoms with Crippen molar-refractivity contribution in [2.24, 2.45) is 0 Å². The molecule has 0 aromatic carbocycles. The van der Waals surface area contributed by atoms with Crippen molar-refractivity contribution in [2.75, 3.05) is 0 Å². The van der Waals surface area contributed by atoms with Gasteiger partial charge in [-0.1, -0.05) is 0 Å². The summed E-state index contributed by atoms with van der Waals surface area (Å²) in [4.78, 5) is 24.2. The molecule has 0 aromatic heterocycles. The first-order chi connectivity index (χ1) is 5.57. The van der Waals surface area contributed by atoms with E-state index >= 15 is 0 Å². The minimum atomic E-state index is -0.485. The predicted molar refractivity (Wildman–Crippen MR) is 42.5 cm³/mol. The Kier molecular flexibility index (Phi) is 1.26. The van der Waals surface area contributed by atoms with E-state index in [0.717, 1.165) is 12.8 Å². The summed E-state index contributed by atoms with van der Waals surface area (Å²) in [6, 6.07) is -0.259. The first kappa shape index (κ1) is 7.58. The van der Waals surface area contributed by atoms with Gasteiger partial charge in [0.2, 0.25) is 0 Å². The molecule has 12 heavy (non-hydrogen) atoms. The van der Waals surface area contributed by atoms with Crippen LogP contribution in [0.2, 0.25) is 0 Å². The Balaban J connectivity index is 2.26. The van der Waals surface area contributed by atoms with Crippen molar-refractivity contribution in [3.63, 3.8) is 0 Å². The van der Waals surface area contributed by atoms with Gasteiger partial charge in [-0.25, -0.2) is 4.79 Å². The lowest BCUT2D eigenvalue weighted by molar-refractivity contribution is -0.129. The average Bonchev–Trinajstić information content (AvgIpc) is 2.63. The number of nitrogens with zero attached hydrogens (tertiary/aromatic N) is 1. The van der Waals surface area contributed by atoms with Crippen LogP contribution in [-0.2, 0) is 4.79 Å². The number of hydrogen-bond donors (Lipinski definition) is 1.